The van der Waals surface area contributed by atoms with Gasteiger partial charge in [-0.25, -0.2) is 4.98 Å². The minimum atomic E-state index is 0.546. The quantitative estimate of drug-likeness (QED) is 0.821. The summed E-state index contributed by atoms with van der Waals surface area (Å²) < 4.78 is 0. The van der Waals surface area contributed by atoms with Gasteiger partial charge in [0.05, 0.1) is 0 Å². The van der Waals surface area contributed by atoms with E-state index in [4.69, 9.17) is 0 Å². The van der Waals surface area contributed by atoms with Crippen LogP contribution < -0.4 is 10.6 Å². The molecule has 4 heteroatoms. The summed E-state index contributed by atoms with van der Waals surface area (Å²) in [5.41, 5.74) is 3.33. The Labute approximate surface area is 127 Å². The van der Waals surface area contributed by atoms with E-state index < -0.39 is 0 Å². The van der Waals surface area contributed by atoms with Crippen LogP contribution in [0.3, 0.4) is 0 Å². The first-order valence-electron chi connectivity index (χ1n) is 7.55. The van der Waals surface area contributed by atoms with E-state index in [9.17, 15) is 0 Å². The van der Waals surface area contributed by atoms with Gasteiger partial charge in [-0.15, -0.1) is 0 Å². The van der Waals surface area contributed by atoms with Crippen molar-refractivity contribution in [2.24, 2.45) is 0 Å². The first kappa shape index (κ1) is 15.3. The monoisotopic (exact) mass is 284 g/mol. The van der Waals surface area contributed by atoms with Crippen molar-refractivity contribution in [3.05, 3.63) is 41.6 Å². The van der Waals surface area contributed by atoms with Crippen molar-refractivity contribution in [3.8, 4) is 0 Å². The Morgan fingerprint density at radius 1 is 1.10 bits per heavy atom. The van der Waals surface area contributed by atoms with Gasteiger partial charge in [0.1, 0.15) is 5.82 Å². The zero-order chi connectivity index (χ0) is 15.2. The van der Waals surface area contributed by atoms with Crippen molar-refractivity contribution in [2.75, 3.05) is 17.2 Å². The maximum atomic E-state index is 4.49. The molecule has 2 aromatic rings. The summed E-state index contributed by atoms with van der Waals surface area (Å²) in [6.07, 6.45) is 1.05. The van der Waals surface area contributed by atoms with Crippen LogP contribution in [-0.2, 0) is 0 Å². The molecule has 0 saturated heterocycles. The molecule has 0 aliphatic rings. The lowest BCUT2D eigenvalue weighted by Crippen LogP contribution is -2.06. The molecule has 21 heavy (non-hydrogen) atoms. The van der Waals surface area contributed by atoms with Gasteiger partial charge in [0.15, 0.2) is 0 Å². The first-order valence-corrected chi connectivity index (χ1v) is 7.55. The molecule has 0 atom stereocenters. The molecule has 1 heterocycles. The third-order valence-corrected chi connectivity index (χ3v) is 3.24. The fourth-order valence-electron chi connectivity index (χ4n) is 2.05. The molecule has 1 aromatic heterocycles. The summed E-state index contributed by atoms with van der Waals surface area (Å²) in [6, 6.07) is 10.4. The van der Waals surface area contributed by atoms with Crippen molar-refractivity contribution in [1.82, 2.24) is 9.97 Å². The summed E-state index contributed by atoms with van der Waals surface area (Å²) in [5, 5.41) is 6.56. The minimum absolute atomic E-state index is 0.546. The van der Waals surface area contributed by atoms with Gasteiger partial charge in [-0.1, -0.05) is 32.9 Å². The van der Waals surface area contributed by atoms with Crippen LogP contribution in [-0.4, -0.2) is 16.5 Å². The van der Waals surface area contributed by atoms with Gasteiger partial charge in [0, 0.05) is 24.0 Å². The summed E-state index contributed by atoms with van der Waals surface area (Å²) >= 11 is 0. The van der Waals surface area contributed by atoms with Gasteiger partial charge >= 0.3 is 0 Å². The molecule has 0 saturated carbocycles. The Morgan fingerprint density at radius 3 is 2.43 bits per heavy atom. The highest BCUT2D eigenvalue weighted by molar-refractivity contribution is 5.58. The van der Waals surface area contributed by atoms with E-state index in [0.717, 1.165) is 30.2 Å². The van der Waals surface area contributed by atoms with Crippen LogP contribution in [0.15, 0.2) is 30.3 Å². The molecule has 0 radical (unpaired) electrons. The van der Waals surface area contributed by atoms with E-state index in [-0.39, 0.29) is 0 Å². The van der Waals surface area contributed by atoms with Crippen LogP contribution in [0.25, 0.3) is 0 Å². The average Bonchev–Trinajstić information content (AvgIpc) is 2.45. The van der Waals surface area contributed by atoms with Gasteiger partial charge < -0.3 is 10.6 Å². The highest BCUT2D eigenvalue weighted by Gasteiger charge is 2.03. The second kappa shape index (κ2) is 7.07. The molecular formula is C17H24N4. The highest BCUT2D eigenvalue weighted by Crippen LogP contribution is 2.20. The van der Waals surface area contributed by atoms with Gasteiger partial charge in [-0.05, 0) is 37.0 Å². The highest BCUT2D eigenvalue weighted by atomic mass is 15.1. The lowest BCUT2D eigenvalue weighted by atomic mass is 10.0. The Balaban J connectivity index is 2.12. The molecule has 0 bridgehead atoms. The molecular weight excluding hydrogens is 260 g/mol. The molecule has 112 valence electrons. The van der Waals surface area contributed by atoms with Crippen LogP contribution in [0, 0.1) is 6.92 Å². The van der Waals surface area contributed by atoms with Crippen molar-refractivity contribution in [3.63, 3.8) is 0 Å². The molecule has 0 aliphatic carbocycles. The Bertz CT molecular complexity index is 576. The first-order chi connectivity index (χ1) is 10.1. The molecule has 2 rings (SSSR count). The van der Waals surface area contributed by atoms with Crippen molar-refractivity contribution >= 4 is 17.5 Å². The molecule has 2 N–H and O–H groups in total. The van der Waals surface area contributed by atoms with Crippen LogP contribution in [0.1, 0.15) is 44.4 Å². The molecule has 0 spiro atoms. The number of hydrogen-bond donors (Lipinski definition) is 2. The third-order valence-electron chi connectivity index (χ3n) is 3.24. The van der Waals surface area contributed by atoms with E-state index in [1.54, 1.807) is 0 Å². The Hall–Kier alpha value is -2.10. The number of benzene rings is 1. The number of hydrogen-bond acceptors (Lipinski definition) is 4. The second-order valence-corrected chi connectivity index (χ2v) is 5.55. The van der Waals surface area contributed by atoms with E-state index in [1.165, 1.54) is 5.56 Å². The zero-order valence-corrected chi connectivity index (χ0v) is 13.3. The Kier molecular flexibility index (Phi) is 5.14. The number of nitrogens with one attached hydrogen (secondary N) is 2. The second-order valence-electron chi connectivity index (χ2n) is 5.55. The van der Waals surface area contributed by atoms with Gasteiger partial charge in [-0.2, -0.15) is 4.98 Å². The molecule has 0 fully saturated rings. The number of aromatic nitrogens is 2. The summed E-state index contributed by atoms with van der Waals surface area (Å²) in [5.74, 6) is 2.04. The summed E-state index contributed by atoms with van der Waals surface area (Å²) in [6.45, 7) is 9.37. The largest absolute Gasteiger partial charge is 0.354 e. The molecule has 0 unspecified atom stereocenters. The lowest BCUT2D eigenvalue weighted by Gasteiger charge is -2.11. The van der Waals surface area contributed by atoms with Crippen LogP contribution >= 0.6 is 0 Å². The third kappa shape index (κ3) is 4.45. The average molecular weight is 284 g/mol. The predicted octanol–water partition coefficient (Wildman–Crippen LogP) is 4.47. The standard InChI is InChI=1S/C17H24N4/c1-5-10-18-17-19-13(4)11-16(21-17)20-15-8-6-14(7-9-15)12(2)3/h6-9,11-12H,5,10H2,1-4H3,(H2,18,19,20,21). The van der Waals surface area contributed by atoms with Gasteiger partial charge in [-0.3, -0.25) is 0 Å². The number of anilines is 3. The summed E-state index contributed by atoms with van der Waals surface area (Å²) in [4.78, 5) is 8.88. The van der Waals surface area contributed by atoms with Crippen LogP contribution in [0.4, 0.5) is 17.5 Å². The number of aryl methyl sites for hydroxylation is 1. The fraction of sp³-hybridized carbons (Fsp3) is 0.412. The van der Waals surface area contributed by atoms with Crippen LogP contribution in [0.2, 0.25) is 0 Å². The van der Waals surface area contributed by atoms with Crippen LogP contribution in [0.5, 0.6) is 0 Å². The number of nitrogens with zero attached hydrogens (tertiary/aromatic N) is 2. The summed E-state index contributed by atoms with van der Waals surface area (Å²) in [7, 11) is 0. The fourth-order valence-corrected chi connectivity index (χ4v) is 2.05. The van der Waals surface area contributed by atoms with Crippen molar-refractivity contribution < 1.29 is 0 Å². The van der Waals surface area contributed by atoms with E-state index in [0.29, 0.717) is 11.9 Å². The van der Waals surface area contributed by atoms with E-state index >= 15 is 0 Å². The number of rotatable bonds is 6. The normalized spacial score (nSPS) is 10.7. The molecule has 0 aliphatic heterocycles. The predicted molar refractivity (Wildman–Crippen MR) is 89.4 cm³/mol. The maximum absolute atomic E-state index is 4.49. The topological polar surface area (TPSA) is 49.8 Å². The minimum Gasteiger partial charge on any atom is -0.354 e. The zero-order valence-electron chi connectivity index (χ0n) is 13.3. The Morgan fingerprint density at radius 2 is 1.81 bits per heavy atom. The molecule has 4 nitrogen and oxygen atoms in total. The van der Waals surface area contributed by atoms with Gasteiger partial charge in [0.25, 0.3) is 0 Å². The smallest absolute Gasteiger partial charge is 0.224 e. The van der Waals surface area contributed by atoms with Crippen molar-refractivity contribution in [2.45, 2.75) is 40.0 Å². The SMILES string of the molecule is CCCNc1nc(C)cc(Nc2ccc(C(C)C)cc2)n1. The molecule has 0 amide bonds. The lowest BCUT2D eigenvalue weighted by molar-refractivity contribution is 0.867. The van der Waals surface area contributed by atoms with E-state index in [1.807, 2.05) is 13.0 Å². The van der Waals surface area contributed by atoms with Gasteiger partial charge in [0.2, 0.25) is 5.95 Å². The van der Waals surface area contributed by atoms with E-state index in [2.05, 4.69) is 65.6 Å². The van der Waals surface area contributed by atoms with Crippen molar-refractivity contribution in [1.29, 1.82) is 0 Å². The maximum Gasteiger partial charge on any atom is 0.224 e. The molecule has 1 aromatic carbocycles.